The number of hydrogen-bond acceptors (Lipinski definition) is 6. The molecule has 1 aromatic heterocycles. The van der Waals surface area contributed by atoms with Crippen LogP contribution >= 0.6 is 11.3 Å². The smallest absolute Gasteiger partial charge is 0.275 e. The number of aromatic nitrogens is 1. The summed E-state index contributed by atoms with van der Waals surface area (Å²) in [6.07, 6.45) is 0. The Kier molecular flexibility index (Phi) is 6.40. The lowest BCUT2D eigenvalue weighted by atomic mass is 10.2. The number of carbonyl (C=O) groups excluding carboxylic acids is 1. The Bertz CT molecular complexity index is 893. The van der Waals surface area contributed by atoms with Gasteiger partial charge in [-0.1, -0.05) is 12.1 Å². The molecule has 6 nitrogen and oxygen atoms in total. The van der Waals surface area contributed by atoms with E-state index >= 15 is 0 Å². The molecule has 0 aliphatic carbocycles. The van der Waals surface area contributed by atoms with Crippen LogP contribution in [0.2, 0.25) is 0 Å². The molecule has 0 radical (unpaired) electrons. The fraction of sp³-hybridized carbons (Fsp3) is 0.200. The second-order valence-electron chi connectivity index (χ2n) is 5.56. The van der Waals surface area contributed by atoms with Gasteiger partial charge in [-0.25, -0.2) is 4.98 Å². The first-order valence-corrected chi connectivity index (χ1v) is 9.21. The standard InChI is InChI=1S/C20H20N2O4S/c1-24-11-12-26-15-9-7-14(8-10-15)21-19(23)17-13-27-20(22-17)16-5-3-4-6-18(16)25-2/h3-10,13H,11-12H2,1-2H3,(H,21,23). The zero-order valence-electron chi connectivity index (χ0n) is 15.1. The molecule has 7 heteroatoms. The number of carbonyl (C=O) groups is 1. The first-order chi connectivity index (χ1) is 13.2. The van der Waals surface area contributed by atoms with E-state index in [0.29, 0.717) is 24.6 Å². The van der Waals surface area contributed by atoms with Gasteiger partial charge >= 0.3 is 0 Å². The molecule has 0 saturated heterocycles. The van der Waals surface area contributed by atoms with E-state index in [9.17, 15) is 4.79 Å². The predicted octanol–water partition coefficient (Wildman–Crippen LogP) is 4.10. The largest absolute Gasteiger partial charge is 0.496 e. The van der Waals surface area contributed by atoms with Crippen LogP contribution in [0.5, 0.6) is 11.5 Å². The number of thiazole rings is 1. The Morgan fingerprint density at radius 3 is 2.59 bits per heavy atom. The average Bonchev–Trinajstić information content (AvgIpc) is 3.20. The van der Waals surface area contributed by atoms with Crippen molar-refractivity contribution >= 4 is 22.9 Å². The summed E-state index contributed by atoms with van der Waals surface area (Å²) < 4.78 is 15.8. The molecule has 140 valence electrons. The van der Waals surface area contributed by atoms with Gasteiger partial charge in [0.05, 0.1) is 19.3 Å². The second kappa shape index (κ2) is 9.16. The molecule has 0 spiro atoms. The summed E-state index contributed by atoms with van der Waals surface area (Å²) in [6, 6.07) is 14.8. The van der Waals surface area contributed by atoms with Gasteiger partial charge in [-0.05, 0) is 36.4 Å². The van der Waals surface area contributed by atoms with E-state index in [-0.39, 0.29) is 5.91 Å². The Labute approximate surface area is 161 Å². The number of hydrogen-bond donors (Lipinski definition) is 1. The minimum atomic E-state index is -0.263. The number of methoxy groups -OCH3 is 2. The van der Waals surface area contributed by atoms with Gasteiger partial charge in [-0.3, -0.25) is 4.79 Å². The van der Waals surface area contributed by atoms with Crippen molar-refractivity contribution in [1.29, 1.82) is 0 Å². The van der Waals surface area contributed by atoms with Gasteiger partial charge < -0.3 is 19.5 Å². The molecular formula is C20H20N2O4S. The van der Waals surface area contributed by atoms with Crippen LogP contribution in [-0.2, 0) is 4.74 Å². The lowest BCUT2D eigenvalue weighted by molar-refractivity contribution is 0.102. The van der Waals surface area contributed by atoms with Crippen molar-refractivity contribution in [2.24, 2.45) is 0 Å². The highest BCUT2D eigenvalue weighted by Gasteiger charge is 2.14. The van der Waals surface area contributed by atoms with Crippen LogP contribution in [0.15, 0.2) is 53.9 Å². The molecule has 2 aromatic carbocycles. The van der Waals surface area contributed by atoms with Crippen molar-refractivity contribution in [2.45, 2.75) is 0 Å². The summed E-state index contributed by atoms with van der Waals surface area (Å²) in [5, 5.41) is 5.31. The predicted molar refractivity (Wildman–Crippen MR) is 106 cm³/mol. The summed E-state index contributed by atoms with van der Waals surface area (Å²) in [4.78, 5) is 16.9. The third-order valence-electron chi connectivity index (χ3n) is 3.74. The molecule has 3 rings (SSSR count). The number of nitrogens with zero attached hydrogens (tertiary/aromatic N) is 1. The van der Waals surface area contributed by atoms with Crippen molar-refractivity contribution in [3.05, 3.63) is 59.6 Å². The zero-order chi connectivity index (χ0) is 19.1. The monoisotopic (exact) mass is 384 g/mol. The SMILES string of the molecule is COCCOc1ccc(NC(=O)c2csc(-c3ccccc3OC)n2)cc1. The molecule has 0 saturated carbocycles. The summed E-state index contributed by atoms with van der Waals surface area (Å²) in [7, 11) is 3.24. The highest BCUT2D eigenvalue weighted by molar-refractivity contribution is 7.13. The summed E-state index contributed by atoms with van der Waals surface area (Å²) >= 11 is 1.40. The van der Waals surface area contributed by atoms with Gasteiger partial charge in [0.2, 0.25) is 0 Å². The summed E-state index contributed by atoms with van der Waals surface area (Å²) in [5.41, 5.74) is 1.90. The van der Waals surface area contributed by atoms with Gasteiger partial charge in [0, 0.05) is 18.2 Å². The first kappa shape index (κ1) is 18.9. The van der Waals surface area contributed by atoms with Crippen LogP contribution in [0.25, 0.3) is 10.6 Å². The Balaban J connectivity index is 1.66. The molecular weight excluding hydrogens is 364 g/mol. The normalized spacial score (nSPS) is 10.4. The highest BCUT2D eigenvalue weighted by atomic mass is 32.1. The van der Waals surface area contributed by atoms with Crippen molar-refractivity contribution in [2.75, 3.05) is 32.8 Å². The Morgan fingerprint density at radius 1 is 1.07 bits per heavy atom. The highest BCUT2D eigenvalue weighted by Crippen LogP contribution is 2.32. The molecule has 1 heterocycles. The molecule has 0 fully saturated rings. The molecule has 1 N–H and O–H groups in total. The van der Waals surface area contributed by atoms with Crippen LogP contribution < -0.4 is 14.8 Å². The van der Waals surface area contributed by atoms with E-state index < -0.39 is 0 Å². The third-order valence-corrected chi connectivity index (χ3v) is 4.62. The first-order valence-electron chi connectivity index (χ1n) is 8.33. The van der Waals surface area contributed by atoms with Gasteiger partial charge in [0.15, 0.2) is 0 Å². The molecule has 0 unspecified atom stereocenters. The molecule has 0 aliphatic rings. The van der Waals surface area contributed by atoms with E-state index in [1.165, 1.54) is 11.3 Å². The van der Waals surface area contributed by atoms with E-state index in [2.05, 4.69) is 10.3 Å². The number of amides is 1. The van der Waals surface area contributed by atoms with Crippen molar-refractivity contribution < 1.29 is 19.0 Å². The average molecular weight is 384 g/mol. The molecule has 3 aromatic rings. The van der Waals surface area contributed by atoms with Crippen LogP contribution in [-0.4, -0.2) is 38.3 Å². The minimum Gasteiger partial charge on any atom is -0.496 e. The molecule has 0 atom stereocenters. The number of anilines is 1. The topological polar surface area (TPSA) is 69.7 Å². The summed E-state index contributed by atoms with van der Waals surface area (Å²) in [5.74, 6) is 1.18. The van der Waals surface area contributed by atoms with Gasteiger partial charge in [-0.15, -0.1) is 11.3 Å². The van der Waals surface area contributed by atoms with Crippen molar-refractivity contribution in [1.82, 2.24) is 4.98 Å². The Morgan fingerprint density at radius 2 is 1.85 bits per heavy atom. The maximum Gasteiger partial charge on any atom is 0.275 e. The van der Waals surface area contributed by atoms with Crippen molar-refractivity contribution in [3.63, 3.8) is 0 Å². The lowest BCUT2D eigenvalue weighted by Crippen LogP contribution is -2.12. The second-order valence-corrected chi connectivity index (χ2v) is 6.42. The number of nitrogens with one attached hydrogen (secondary N) is 1. The van der Waals surface area contributed by atoms with Crippen LogP contribution in [0.4, 0.5) is 5.69 Å². The van der Waals surface area contributed by atoms with Crippen LogP contribution in [0, 0.1) is 0 Å². The Hall–Kier alpha value is -2.90. The van der Waals surface area contributed by atoms with Gasteiger partial charge in [0.25, 0.3) is 5.91 Å². The fourth-order valence-electron chi connectivity index (χ4n) is 2.40. The van der Waals surface area contributed by atoms with Gasteiger partial charge in [-0.2, -0.15) is 0 Å². The van der Waals surface area contributed by atoms with Crippen LogP contribution in [0.3, 0.4) is 0 Å². The summed E-state index contributed by atoms with van der Waals surface area (Å²) in [6.45, 7) is 1.00. The maximum atomic E-state index is 12.5. The molecule has 0 bridgehead atoms. The third kappa shape index (κ3) is 4.84. The zero-order valence-corrected chi connectivity index (χ0v) is 15.9. The van der Waals surface area contributed by atoms with Crippen LogP contribution in [0.1, 0.15) is 10.5 Å². The minimum absolute atomic E-state index is 0.263. The van der Waals surface area contributed by atoms with E-state index in [1.807, 2.05) is 24.3 Å². The fourth-order valence-corrected chi connectivity index (χ4v) is 3.23. The van der Waals surface area contributed by atoms with E-state index in [1.54, 1.807) is 43.9 Å². The van der Waals surface area contributed by atoms with Crippen molar-refractivity contribution in [3.8, 4) is 22.1 Å². The number of benzene rings is 2. The van der Waals surface area contributed by atoms with E-state index in [0.717, 1.165) is 22.1 Å². The number of para-hydroxylation sites is 1. The molecule has 1 amide bonds. The van der Waals surface area contributed by atoms with Gasteiger partial charge in [0.1, 0.15) is 28.8 Å². The number of rotatable bonds is 8. The lowest BCUT2D eigenvalue weighted by Gasteiger charge is -2.07. The molecule has 0 aliphatic heterocycles. The quantitative estimate of drug-likeness (QED) is 0.592. The van der Waals surface area contributed by atoms with E-state index in [4.69, 9.17) is 14.2 Å². The molecule has 27 heavy (non-hydrogen) atoms. The maximum absolute atomic E-state index is 12.5. The number of ether oxygens (including phenoxy) is 3.